The van der Waals surface area contributed by atoms with Crippen LogP contribution in [0.4, 0.5) is 0 Å². The average molecular weight is 275 g/mol. The van der Waals surface area contributed by atoms with Crippen molar-refractivity contribution in [3.05, 3.63) is 49.5 Å². The van der Waals surface area contributed by atoms with Crippen molar-refractivity contribution in [2.45, 2.75) is 19.8 Å². The second kappa shape index (κ2) is 6.35. The van der Waals surface area contributed by atoms with E-state index in [1.807, 2.05) is 12.3 Å². The molecule has 0 aliphatic carbocycles. The molecule has 0 saturated carbocycles. The molecule has 1 radical (unpaired) electrons. The molecule has 77 valence electrons. The maximum atomic E-state index is 4.32. The molecule has 1 aromatic heterocycles. The number of para-hydroxylation sites is 1. The van der Waals surface area contributed by atoms with Crippen LogP contribution in [-0.2, 0) is 32.7 Å². The topological polar surface area (TPSA) is 12.9 Å². The minimum absolute atomic E-state index is 0. The molecule has 15 heavy (non-hydrogen) atoms. The molecular formula is C13H16NY-. The second-order valence-corrected chi connectivity index (χ2v) is 3.57. The summed E-state index contributed by atoms with van der Waals surface area (Å²) in [4.78, 5) is 4.32. The van der Waals surface area contributed by atoms with Crippen LogP contribution in [0.2, 0.25) is 0 Å². The quantitative estimate of drug-likeness (QED) is 0.721. The van der Waals surface area contributed by atoms with E-state index >= 15 is 0 Å². The molecule has 0 spiro atoms. The molecule has 1 aromatic carbocycles. The van der Waals surface area contributed by atoms with Gasteiger partial charge in [0, 0.05) is 44.3 Å². The number of hydrogen-bond donors (Lipinski definition) is 0. The normalized spacial score (nSPS) is 9.53. The summed E-state index contributed by atoms with van der Waals surface area (Å²) >= 11 is 0. The summed E-state index contributed by atoms with van der Waals surface area (Å²) in [6.07, 6.45) is 1.89. The molecule has 0 aliphatic heterocycles. The van der Waals surface area contributed by atoms with Gasteiger partial charge in [-0.05, 0) is 23.6 Å². The van der Waals surface area contributed by atoms with Crippen molar-refractivity contribution in [2.24, 2.45) is 0 Å². The van der Waals surface area contributed by atoms with Crippen molar-refractivity contribution in [1.29, 1.82) is 0 Å². The summed E-state index contributed by atoms with van der Waals surface area (Å²) in [5, 5.41) is 1.28. The number of benzene rings is 1. The van der Waals surface area contributed by atoms with Crippen LogP contribution in [0, 0.1) is 7.43 Å². The molecule has 1 nitrogen and oxygen atoms in total. The maximum absolute atomic E-state index is 4.32. The predicted molar refractivity (Wildman–Crippen MR) is 62.2 cm³/mol. The molecule has 0 atom stereocenters. The fourth-order valence-corrected chi connectivity index (χ4v) is 1.62. The van der Waals surface area contributed by atoms with E-state index in [1.165, 1.54) is 10.9 Å². The van der Waals surface area contributed by atoms with Crippen LogP contribution in [0.5, 0.6) is 0 Å². The van der Waals surface area contributed by atoms with Crippen molar-refractivity contribution < 1.29 is 32.7 Å². The summed E-state index contributed by atoms with van der Waals surface area (Å²) in [6, 6.07) is 10.4. The van der Waals surface area contributed by atoms with E-state index in [0.717, 1.165) is 5.52 Å². The van der Waals surface area contributed by atoms with E-state index in [4.69, 9.17) is 0 Å². The first kappa shape index (κ1) is 14.7. The van der Waals surface area contributed by atoms with Crippen LogP contribution in [-0.4, -0.2) is 4.98 Å². The zero-order valence-corrected chi connectivity index (χ0v) is 12.4. The Morgan fingerprint density at radius 3 is 2.40 bits per heavy atom. The standard InChI is InChI=1S/C12H13N.CH3.Y/c1-9(2)10-7-8-13-12-6-4-3-5-11(10)12;;/h3-9H,1-2H3;1H3;/q;-1;. The van der Waals surface area contributed by atoms with Gasteiger partial charge in [0.2, 0.25) is 0 Å². The third-order valence-electron chi connectivity index (χ3n) is 2.30. The van der Waals surface area contributed by atoms with Crippen LogP contribution in [0.15, 0.2) is 36.5 Å². The Bertz CT molecular complexity index is 418. The van der Waals surface area contributed by atoms with E-state index in [1.54, 1.807) is 0 Å². The minimum Gasteiger partial charge on any atom is -0.358 e. The van der Waals surface area contributed by atoms with Gasteiger partial charge in [0.25, 0.3) is 0 Å². The largest absolute Gasteiger partial charge is 0.358 e. The first-order valence-electron chi connectivity index (χ1n) is 4.62. The Kier molecular flexibility index (Phi) is 6.23. The Hall–Kier alpha value is -0.266. The number of hydrogen-bond acceptors (Lipinski definition) is 1. The van der Waals surface area contributed by atoms with E-state index in [9.17, 15) is 0 Å². The molecule has 1 heterocycles. The Morgan fingerprint density at radius 2 is 1.73 bits per heavy atom. The van der Waals surface area contributed by atoms with E-state index in [0.29, 0.717) is 5.92 Å². The first-order valence-corrected chi connectivity index (χ1v) is 4.62. The van der Waals surface area contributed by atoms with Gasteiger partial charge in [0.05, 0.1) is 5.52 Å². The van der Waals surface area contributed by atoms with Crippen molar-refractivity contribution in [2.75, 3.05) is 0 Å². The number of rotatable bonds is 1. The molecule has 0 fully saturated rings. The fraction of sp³-hybridized carbons (Fsp3) is 0.231. The van der Waals surface area contributed by atoms with Gasteiger partial charge in [-0.25, -0.2) is 0 Å². The summed E-state index contributed by atoms with van der Waals surface area (Å²) in [5.41, 5.74) is 2.47. The summed E-state index contributed by atoms with van der Waals surface area (Å²) < 4.78 is 0. The van der Waals surface area contributed by atoms with Crippen LogP contribution in [0.3, 0.4) is 0 Å². The SMILES string of the molecule is CC(C)c1ccnc2ccccc12.[CH3-].[Y]. The number of aromatic nitrogens is 1. The summed E-state index contributed by atoms with van der Waals surface area (Å²) in [7, 11) is 0. The first-order chi connectivity index (χ1) is 6.29. The van der Waals surface area contributed by atoms with Gasteiger partial charge in [-0.1, -0.05) is 32.0 Å². The van der Waals surface area contributed by atoms with E-state index in [2.05, 4.69) is 43.1 Å². The molecule has 2 rings (SSSR count). The van der Waals surface area contributed by atoms with E-state index < -0.39 is 0 Å². The molecule has 0 bridgehead atoms. The van der Waals surface area contributed by atoms with Crippen molar-refractivity contribution in [1.82, 2.24) is 4.98 Å². The van der Waals surface area contributed by atoms with Crippen LogP contribution >= 0.6 is 0 Å². The molecule has 0 saturated heterocycles. The zero-order chi connectivity index (χ0) is 9.26. The predicted octanol–water partition coefficient (Wildman–Crippen LogP) is 3.81. The number of fused-ring (bicyclic) bond motifs is 1. The van der Waals surface area contributed by atoms with Crippen LogP contribution < -0.4 is 0 Å². The Morgan fingerprint density at radius 1 is 1.07 bits per heavy atom. The molecule has 2 heteroatoms. The fourth-order valence-electron chi connectivity index (χ4n) is 1.62. The van der Waals surface area contributed by atoms with Crippen LogP contribution in [0.25, 0.3) is 10.9 Å². The second-order valence-electron chi connectivity index (χ2n) is 3.57. The molecule has 0 N–H and O–H groups in total. The van der Waals surface area contributed by atoms with Gasteiger partial charge in [0.1, 0.15) is 0 Å². The van der Waals surface area contributed by atoms with E-state index in [-0.39, 0.29) is 40.1 Å². The van der Waals surface area contributed by atoms with Crippen LogP contribution in [0.1, 0.15) is 25.3 Å². The number of pyridine rings is 1. The molecule has 0 aliphatic rings. The van der Waals surface area contributed by atoms with Crippen molar-refractivity contribution in [3.8, 4) is 0 Å². The Balaban J connectivity index is 0.000000980. The molecule has 0 unspecified atom stereocenters. The third kappa shape index (κ3) is 3.09. The molecule has 0 amide bonds. The maximum Gasteiger partial charge on any atom is 0.0704 e. The van der Waals surface area contributed by atoms with Gasteiger partial charge in [-0.2, -0.15) is 0 Å². The van der Waals surface area contributed by atoms with Crippen molar-refractivity contribution >= 4 is 10.9 Å². The van der Waals surface area contributed by atoms with Crippen molar-refractivity contribution in [3.63, 3.8) is 0 Å². The Labute approximate surface area is 117 Å². The third-order valence-corrected chi connectivity index (χ3v) is 2.30. The molecular weight excluding hydrogens is 259 g/mol. The average Bonchev–Trinajstić information content (AvgIpc) is 2.17. The smallest absolute Gasteiger partial charge is 0.0704 e. The monoisotopic (exact) mass is 275 g/mol. The van der Waals surface area contributed by atoms with Gasteiger partial charge in [-0.15, -0.1) is 0 Å². The minimum atomic E-state index is 0. The molecule has 2 aromatic rings. The zero-order valence-electron chi connectivity index (χ0n) is 9.57. The summed E-state index contributed by atoms with van der Waals surface area (Å²) in [6.45, 7) is 4.42. The van der Waals surface area contributed by atoms with Gasteiger partial charge in [-0.3, -0.25) is 4.98 Å². The van der Waals surface area contributed by atoms with Gasteiger partial charge < -0.3 is 7.43 Å². The number of nitrogens with zero attached hydrogens (tertiary/aromatic N) is 1. The van der Waals surface area contributed by atoms with Gasteiger partial charge >= 0.3 is 0 Å². The summed E-state index contributed by atoms with van der Waals surface area (Å²) in [5.74, 6) is 0.563. The van der Waals surface area contributed by atoms with Gasteiger partial charge in [0.15, 0.2) is 0 Å².